The Kier molecular flexibility index (Phi) is 7.00. The maximum Gasteiger partial charge on any atom is 0.354 e. The number of amides is 1. The Labute approximate surface area is 221 Å². The first kappa shape index (κ1) is 24.3. The standard InChI is InChI=1S/C29H22BrN3O4/c1-36-29(35)27-16-24-25(30)14-23(37-22-7-3-2-4-8-22)15-26(24)33(27)18-19-9-11-20(12-10-19)28(34)32-21-6-5-13-31-17-21/h2-17H,18H2,1H3,(H,32,34). The topological polar surface area (TPSA) is 82.5 Å². The van der Waals surface area contributed by atoms with Crippen LogP contribution in [0.5, 0.6) is 11.5 Å². The first-order valence-electron chi connectivity index (χ1n) is 11.5. The molecule has 2 heterocycles. The number of halogens is 1. The van der Waals surface area contributed by atoms with Gasteiger partial charge < -0.3 is 19.4 Å². The smallest absolute Gasteiger partial charge is 0.354 e. The molecule has 7 nitrogen and oxygen atoms in total. The van der Waals surface area contributed by atoms with Crippen molar-refractivity contribution in [3.63, 3.8) is 0 Å². The van der Waals surface area contributed by atoms with Crippen LogP contribution in [0.1, 0.15) is 26.4 Å². The summed E-state index contributed by atoms with van der Waals surface area (Å²) in [6, 6.07) is 25.8. The van der Waals surface area contributed by atoms with Crippen LogP contribution in [0.2, 0.25) is 0 Å². The van der Waals surface area contributed by atoms with E-state index >= 15 is 0 Å². The molecule has 184 valence electrons. The molecule has 0 saturated carbocycles. The average molecular weight is 556 g/mol. The number of ether oxygens (including phenoxy) is 2. The van der Waals surface area contributed by atoms with Gasteiger partial charge in [-0.25, -0.2) is 4.79 Å². The molecule has 8 heteroatoms. The number of pyridine rings is 1. The van der Waals surface area contributed by atoms with Crippen molar-refractivity contribution >= 4 is 44.4 Å². The molecular formula is C29H22BrN3O4. The van der Waals surface area contributed by atoms with Gasteiger partial charge in [-0.05, 0) is 70.0 Å². The number of benzene rings is 3. The van der Waals surface area contributed by atoms with Gasteiger partial charge in [0.1, 0.15) is 17.2 Å². The molecule has 0 bridgehead atoms. The maximum atomic E-state index is 12.7. The van der Waals surface area contributed by atoms with Crippen molar-refractivity contribution in [1.29, 1.82) is 0 Å². The van der Waals surface area contributed by atoms with Gasteiger partial charge in [0.25, 0.3) is 5.91 Å². The van der Waals surface area contributed by atoms with E-state index in [4.69, 9.17) is 9.47 Å². The number of methoxy groups -OCH3 is 1. The predicted octanol–water partition coefficient (Wildman–Crippen LogP) is 6.68. The van der Waals surface area contributed by atoms with Crippen LogP contribution in [-0.2, 0) is 11.3 Å². The highest BCUT2D eigenvalue weighted by Crippen LogP contribution is 2.35. The van der Waals surface area contributed by atoms with E-state index in [9.17, 15) is 9.59 Å². The first-order chi connectivity index (χ1) is 18.0. The summed E-state index contributed by atoms with van der Waals surface area (Å²) >= 11 is 3.62. The summed E-state index contributed by atoms with van der Waals surface area (Å²) in [6.45, 7) is 0.389. The van der Waals surface area contributed by atoms with E-state index in [1.165, 1.54) is 7.11 Å². The number of nitrogens with zero attached hydrogens (tertiary/aromatic N) is 2. The van der Waals surface area contributed by atoms with Gasteiger partial charge >= 0.3 is 5.97 Å². The third-order valence-corrected chi connectivity index (χ3v) is 6.45. The Balaban J connectivity index is 1.46. The monoisotopic (exact) mass is 555 g/mol. The van der Waals surface area contributed by atoms with E-state index in [0.29, 0.717) is 35.0 Å². The van der Waals surface area contributed by atoms with E-state index in [2.05, 4.69) is 26.2 Å². The molecule has 0 spiro atoms. The van der Waals surface area contributed by atoms with E-state index in [-0.39, 0.29) is 5.91 Å². The van der Waals surface area contributed by atoms with Crippen molar-refractivity contribution in [1.82, 2.24) is 9.55 Å². The Morgan fingerprint density at radius 2 is 1.73 bits per heavy atom. The minimum Gasteiger partial charge on any atom is -0.464 e. The lowest BCUT2D eigenvalue weighted by Gasteiger charge is -2.12. The minimum atomic E-state index is -0.443. The Morgan fingerprint density at radius 3 is 2.43 bits per heavy atom. The summed E-state index contributed by atoms with van der Waals surface area (Å²) in [5, 5.41) is 3.68. The van der Waals surface area contributed by atoms with Gasteiger partial charge in [0.2, 0.25) is 0 Å². The Bertz CT molecular complexity index is 1570. The normalized spacial score (nSPS) is 10.8. The highest BCUT2D eigenvalue weighted by atomic mass is 79.9. The van der Waals surface area contributed by atoms with Gasteiger partial charge in [0.15, 0.2) is 0 Å². The molecule has 0 radical (unpaired) electrons. The molecule has 3 aromatic carbocycles. The van der Waals surface area contributed by atoms with Crippen LogP contribution in [0.3, 0.4) is 0 Å². The van der Waals surface area contributed by atoms with Crippen LogP contribution in [0.4, 0.5) is 5.69 Å². The quantitative estimate of drug-likeness (QED) is 0.226. The van der Waals surface area contributed by atoms with Crippen LogP contribution in [0, 0.1) is 0 Å². The molecule has 0 atom stereocenters. The second-order valence-electron chi connectivity index (χ2n) is 8.25. The van der Waals surface area contributed by atoms with E-state index < -0.39 is 5.97 Å². The lowest BCUT2D eigenvalue weighted by Crippen LogP contribution is -2.13. The number of aromatic nitrogens is 2. The summed E-state index contributed by atoms with van der Waals surface area (Å²) < 4.78 is 13.8. The van der Waals surface area contributed by atoms with E-state index in [1.54, 1.807) is 42.7 Å². The number of fused-ring (bicyclic) bond motifs is 1. The highest BCUT2D eigenvalue weighted by molar-refractivity contribution is 9.10. The lowest BCUT2D eigenvalue weighted by molar-refractivity contribution is 0.0589. The second kappa shape index (κ2) is 10.7. The molecule has 0 aliphatic rings. The molecule has 1 N–H and O–H groups in total. The third-order valence-electron chi connectivity index (χ3n) is 5.79. The molecule has 2 aromatic heterocycles. The van der Waals surface area contributed by atoms with Crippen LogP contribution in [0.15, 0.2) is 102 Å². The Morgan fingerprint density at radius 1 is 0.946 bits per heavy atom. The minimum absolute atomic E-state index is 0.229. The molecule has 0 unspecified atom stereocenters. The molecular weight excluding hydrogens is 534 g/mol. The second-order valence-corrected chi connectivity index (χ2v) is 9.11. The number of nitrogens with one attached hydrogen (secondary N) is 1. The fourth-order valence-corrected chi connectivity index (χ4v) is 4.54. The summed E-state index contributed by atoms with van der Waals surface area (Å²) in [4.78, 5) is 29.3. The van der Waals surface area contributed by atoms with Crippen LogP contribution >= 0.6 is 15.9 Å². The summed E-state index contributed by atoms with van der Waals surface area (Å²) in [6.07, 6.45) is 3.24. The number of esters is 1. The highest BCUT2D eigenvalue weighted by Gasteiger charge is 2.19. The SMILES string of the molecule is COC(=O)c1cc2c(Br)cc(Oc3ccccc3)cc2n1Cc1ccc(C(=O)Nc2cccnc2)cc1. The fraction of sp³-hybridized carbons (Fsp3) is 0.0690. The van der Waals surface area contributed by atoms with Crippen molar-refractivity contribution in [2.45, 2.75) is 6.54 Å². The number of hydrogen-bond donors (Lipinski definition) is 1. The van der Waals surface area contributed by atoms with Gasteiger partial charge in [-0.1, -0.05) is 30.3 Å². The van der Waals surface area contributed by atoms with Crippen molar-refractivity contribution in [3.05, 3.63) is 119 Å². The molecule has 5 aromatic rings. The molecule has 37 heavy (non-hydrogen) atoms. The van der Waals surface area contributed by atoms with Crippen LogP contribution in [-0.4, -0.2) is 28.5 Å². The molecule has 0 aliphatic carbocycles. The molecule has 0 fully saturated rings. The molecule has 0 aliphatic heterocycles. The van der Waals surface area contributed by atoms with Crippen LogP contribution < -0.4 is 10.1 Å². The third kappa shape index (κ3) is 5.39. The average Bonchev–Trinajstić information content (AvgIpc) is 3.28. The predicted molar refractivity (Wildman–Crippen MR) is 145 cm³/mol. The van der Waals surface area contributed by atoms with E-state index in [1.807, 2.05) is 59.2 Å². The first-order valence-corrected chi connectivity index (χ1v) is 12.3. The zero-order valence-corrected chi connectivity index (χ0v) is 21.4. The number of hydrogen-bond acceptors (Lipinski definition) is 5. The Hall–Kier alpha value is -4.43. The number of rotatable bonds is 7. The largest absolute Gasteiger partial charge is 0.464 e. The van der Waals surface area contributed by atoms with Crippen molar-refractivity contribution in [2.75, 3.05) is 12.4 Å². The lowest BCUT2D eigenvalue weighted by atomic mass is 10.1. The van der Waals surface area contributed by atoms with Crippen molar-refractivity contribution in [3.8, 4) is 11.5 Å². The molecule has 1 amide bonds. The van der Waals surface area contributed by atoms with E-state index in [0.717, 1.165) is 20.9 Å². The fourth-order valence-electron chi connectivity index (χ4n) is 4.00. The number of carbonyl (C=O) groups excluding carboxylic acids is 2. The number of para-hydroxylation sites is 1. The van der Waals surface area contributed by atoms with Crippen molar-refractivity contribution in [2.24, 2.45) is 0 Å². The zero-order chi connectivity index (χ0) is 25.8. The maximum absolute atomic E-state index is 12.7. The van der Waals surface area contributed by atoms with Gasteiger partial charge in [-0.2, -0.15) is 0 Å². The summed E-state index contributed by atoms with van der Waals surface area (Å²) in [7, 11) is 1.36. The van der Waals surface area contributed by atoms with Gasteiger partial charge in [0.05, 0.1) is 24.5 Å². The summed E-state index contributed by atoms with van der Waals surface area (Å²) in [5.41, 5.74) is 3.26. The van der Waals surface area contributed by atoms with Crippen LogP contribution in [0.25, 0.3) is 10.9 Å². The van der Waals surface area contributed by atoms with Crippen molar-refractivity contribution < 1.29 is 19.1 Å². The molecule has 5 rings (SSSR count). The van der Waals surface area contributed by atoms with Gasteiger partial charge in [-0.3, -0.25) is 9.78 Å². The number of carbonyl (C=O) groups is 2. The van der Waals surface area contributed by atoms with Gasteiger partial charge in [-0.15, -0.1) is 0 Å². The summed E-state index contributed by atoms with van der Waals surface area (Å²) in [5.74, 6) is 0.665. The van der Waals surface area contributed by atoms with Gasteiger partial charge in [0, 0.05) is 34.2 Å². The number of anilines is 1. The zero-order valence-electron chi connectivity index (χ0n) is 19.9. The molecule has 0 saturated heterocycles.